The molecule has 3 aromatic carbocycles. The van der Waals surface area contributed by atoms with E-state index in [1.807, 2.05) is 30.3 Å². The molecule has 5 rings (SSSR count). The number of fused-ring (bicyclic) bond motifs is 2. The highest BCUT2D eigenvalue weighted by Crippen LogP contribution is 2.32. The average molecular weight is 414 g/mol. The molecule has 5 heteroatoms. The monoisotopic (exact) mass is 413 g/mol. The molecule has 4 nitrogen and oxygen atoms in total. The van der Waals surface area contributed by atoms with Crippen molar-refractivity contribution >= 4 is 38.8 Å². The van der Waals surface area contributed by atoms with Gasteiger partial charge in [0.05, 0.1) is 16.8 Å². The minimum Gasteiger partial charge on any atom is -0.359 e. The maximum absolute atomic E-state index is 12.7. The van der Waals surface area contributed by atoms with Gasteiger partial charge in [0.25, 0.3) is 0 Å². The number of nitrogens with zero attached hydrogens (tertiary/aromatic N) is 2. The van der Waals surface area contributed by atoms with Gasteiger partial charge in [-0.1, -0.05) is 24.3 Å². The van der Waals surface area contributed by atoms with Gasteiger partial charge in [-0.2, -0.15) is 0 Å². The van der Waals surface area contributed by atoms with Gasteiger partial charge >= 0.3 is 0 Å². The Morgan fingerprint density at radius 2 is 1.93 bits per heavy atom. The fourth-order valence-electron chi connectivity index (χ4n) is 4.08. The first-order valence-electron chi connectivity index (χ1n) is 10.2. The lowest BCUT2D eigenvalue weighted by atomic mass is 10.1. The lowest BCUT2D eigenvalue weighted by Gasteiger charge is -2.24. The van der Waals surface area contributed by atoms with E-state index in [9.17, 15) is 4.79 Å². The lowest BCUT2D eigenvalue weighted by Crippen LogP contribution is -2.37. The lowest BCUT2D eigenvalue weighted by molar-refractivity contribution is -0.115. The highest BCUT2D eigenvalue weighted by molar-refractivity contribution is 7.21. The first kappa shape index (κ1) is 18.8. The molecule has 1 aliphatic heterocycles. The number of rotatable bonds is 4. The first-order chi connectivity index (χ1) is 14.6. The Morgan fingerprint density at radius 1 is 1.13 bits per heavy atom. The van der Waals surface area contributed by atoms with Crippen LogP contribution in [0.1, 0.15) is 18.1 Å². The van der Waals surface area contributed by atoms with Crippen LogP contribution in [0.2, 0.25) is 0 Å². The molecule has 0 saturated carbocycles. The summed E-state index contributed by atoms with van der Waals surface area (Å²) in [4.78, 5) is 19.6. The van der Waals surface area contributed by atoms with E-state index in [0.29, 0.717) is 12.6 Å². The number of hydrogen-bond donors (Lipinski definition) is 1. The molecule has 2 heterocycles. The van der Waals surface area contributed by atoms with E-state index in [-0.39, 0.29) is 5.91 Å². The van der Waals surface area contributed by atoms with Crippen LogP contribution >= 0.6 is 11.3 Å². The van der Waals surface area contributed by atoms with E-state index >= 15 is 0 Å². The van der Waals surface area contributed by atoms with Gasteiger partial charge in [-0.25, -0.2) is 4.98 Å². The van der Waals surface area contributed by atoms with Gasteiger partial charge in [0, 0.05) is 23.0 Å². The number of aromatic nitrogens is 1. The normalized spacial score (nSPS) is 15.4. The van der Waals surface area contributed by atoms with Crippen LogP contribution in [0.4, 0.5) is 11.4 Å². The van der Waals surface area contributed by atoms with Gasteiger partial charge in [0.1, 0.15) is 5.01 Å². The summed E-state index contributed by atoms with van der Waals surface area (Å²) < 4.78 is 1.20. The van der Waals surface area contributed by atoms with Crippen molar-refractivity contribution in [1.82, 2.24) is 4.98 Å². The molecule has 0 radical (unpaired) electrons. The van der Waals surface area contributed by atoms with Gasteiger partial charge in [0.2, 0.25) is 5.91 Å². The summed E-state index contributed by atoms with van der Waals surface area (Å²) in [5, 5.41) is 4.03. The smallest absolute Gasteiger partial charge is 0.243 e. The second-order valence-corrected chi connectivity index (χ2v) is 8.96. The third-order valence-electron chi connectivity index (χ3n) is 5.62. The molecule has 1 N–H and O–H groups in total. The van der Waals surface area contributed by atoms with Crippen LogP contribution in [-0.2, 0) is 11.2 Å². The number of anilines is 2. The summed E-state index contributed by atoms with van der Waals surface area (Å²) in [6.07, 6.45) is 0.986. The Labute approximate surface area is 180 Å². The minimum atomic E-state index is 0.00163. The van der Waals surface area contributed by atoms with Crippen LogP contribution in [0.5, 0.6) is 0 Å². The minimum absolute atomic E-state index is 0.00163. The molecule has 0 aliphatic carbocycles. The van der Waals surface area contributed by atoms with E-state index in [2.05, 4.69) is 60.5 Å². The number of carbonyl (C=O) groups is 1. The number of aryl methyl sites for hydroxylation is 1. The molecular weight excluding hydrogens is 390 g/mol. The third-order valence-corrected chi connectivity index (χ3v) is 6.69. The molecule has 1 aliphatic rings. The van der Waals surface area contributed by atoms with Crippen molar-refractivity contribution in [2.75, 3.05) is 16.8 Å². The van der Waals surface area contributed by atoms with Crippen LogP contribution < -0.4 is 10.2 Å². The average Bonchev–Trinajstić information content (AvgIpc) is 3.29. The number of amides is 1. The summed E-state index contributed by atoms with van der Waals surface area (Å²) in [6, 6.07) is 22.9. The number of nitrogens with one attached hydrogen (secondary N) is 1. The van der Waals surface area contributed by atoms with E-state index < -0.39 is 0 Å². The second-order valence-electron chi connectivity index (χ2n) is 7.93. The summed E-state index contributed by atoms with van der Waals surface area (Å²) >= 11 is 1.69. The van der Waals surface area contributed by atoms with Crippen LogP contribution in [0.15, 0.2) is 66.7 Å². The Bertz CT molecular complexity index is 1230. The first-order valence-corrected chi connectivity index (χ1v) is 11.0. The van der Waals surface area contributed by atoms with Crippen molar-refractivity contribution in [3.8, 4) is 10.6 Å². The Kier molecular flexibility index (Phi) is 4.75. The molecule has 1 amide bonds. The van der Waals surface area contributed by atoms with Crippen LogP contribution in [0.3, 0.4) is 0 Å². The standard InChI is InChI=1S/C25H23N3OS/c1-16-7-12-21-23(13-16)30-25(27-21)18-8-10-20(11-9-18)26-24(29)15-28-17(2)14-19-5-3-4-6-22(19)28/h3-13,17H,14-15H2,1-2H3,(H,26,29)/t17-/m0/s1. The second kappa shape index (κ2) is 7.58. The van der Waals surface area contributed by atoms with Crippen molar-refractivity contribution in [2.24, 2.45) is 0 Å². The Balaban J connectivity index is 1.28. The summed E-state index contributed by atoms with van der Waals surface area (Å²) in [5.74, 6) is 0.00163. The summed E-state index contributed by atoms with van der Waals surface area (Å²) in [5.41, 5.74) is 6.62. The number of para-hydroxylation sites is 1. The molecule has 0 spiro atoms. The van der Waals surface area contributed by atoms with Crippen LogP contribution in [0, 0.1) is 6.92 Å². The quantitative estimate of drug-likeness (QED) is 0.469. The maximum Gasteiger partial charge on any atom is 0.243 e. The van der Waals surface area contributed by atoms with Gasteiger partial charge in [-0.15, -0.1) is 11.3 Å². The van der Waals surface area contributed by atoms with Crippen LogP contribution in [0.25, 0.3) is 20.8 Å². The van der Waals surface area contributed by atoms with E-state index in [1.54, 1.807) is 11.3 Å². The highest BCUT2D eigenvalue weighted by Gasteiger charge is 2.26. The predicted molar refractivity (Wildman–Crippen MR) is 125 cm³/mol. The van der Waals surface area contributed by atoms with Crippen LogP contribution in [-0.4, -0.2) is 23.5 Å². The van der Waals surface area contributed by atoms with Gasteiger partial charge < -0.3 is 10.2 Å². The topological polar surface area (TPSA) is 45.2 Å². The van der Waals surface area contributed by atoms with Crippen molar-refractivity contribution in [3.05, 3.63) is 77.9 Å². The number of thiazole rings is 1. The number of hydrogen-bond acceptors (Lipinski definition) is 4. The molecule has 30 heavy (non-hydrogen) atoms. The highest BCUT2D eigenvalue weighted by atomic mass is 32.1. The zero-order chi connectivity index (χ0) is 20.7. The van der Waals surface area contributed by atoms with Crippen molar-refractivity contribution < 1.29 is 4.79 Å². The SMILES string of the molecule is Cc1ccc2nc(-c3ccc(NC(=O)CN4c5ccccc5C[C@@H]4C)cc3)sc2c1. The largest absolute Gasteiger partial charge is 0.359 e. The molecule has 0 unspecified atom stereocenters. The molecule has 4 aromatic rings. The molecule has 0 fully saturated rings. The Hall–Kier alpha value is -3.18. The number of benzene rings is 3. The summed E-state index contributed by atoms with van der Waals surface area (Å²) in [6.45, 7) is 4.62. The molecular formula is C25H23N3OS. The van der Waals surface area contributed by atoms with Crippen molar-refractivity contribution in [3.63, 3.8) is 0 Å². The van der Waals surface area contributed by atoms with Gasteiger partial charge in [-0.3, -0.25) is 4.79 Å². The predicted octanol–water partition coefficient (Wildman–Crippen LogP) is 5.66. The molecule has 150 valence electrons. The van der Waals surface area contributed by atoms with Gasteiger partial charge in [-0.05, 0) is 73.9 Å². The van der Waals surface area contributed by atoms with Crippen molar-refractivity contribution in [1.29, 1.82) is 0 Å². The maximum atomic E-state index is 12.7. The number of carbonyl (C=O) groups excluding carboxylic acids is 1. The zero-order valence-corrected chi connectivity index (χ0v) is 17.9. The molecule has 1 aromatic heterocycles. The van der Waals surface area contributed by atoms with E-state index in [1.165, 1.54) is 21.5 Å². The third kappa shape index (κ3) is 3.57. The molecule has 0 saturated heterocycles. The summed E-state index contributed by atoms with van der Waals surface area (Å²) in [7, 11) is 0. The fourth-order valence-corrected chi connectivity index (χ4v) is 5.15. The zero-order valence-electron chi connectivity index (χ0n) is 17.1. The molecule has 1 atom stereocenters. The van der Waals surface area contributed by atoms with E-state index in [4.69, 9.17) is 4.98 Å². The van der Waals surface area contributed by atoms with E-state index in [0.717, 1.165) is 28.2 Å². The fraction of sp³-hybridized carbons (Fsp3) is 0.200. The Morgan fingerprint density at radius 3 is 2.77 bits per heavy atom. The van der Waals surface area contributed by atoms with Crippen molar-refractivity contribution in [2.45, 2.75) is 26.3 Å². The van der Waals surface area contributed by atoms with Gasteiger partial charge in [0.15, 0.2) is 0 Å². The molecule has 0 bridgehead atoms.